The van der Waals surface area contributed by atoms with Gasteiger partial charge in [-0.15, -0.1) is 0 Å². The van der Waals surface area contributed by atoms with Crippen molar-refractivity contribution in [2.24, 2.45) is 5.92 Å². The predicted molar refractivity (Wildman–Crippen MR) is 125 cm³/mol. The molecular weight excluding hydrogens is 402 g/mol. The number of carbonyl (C=O) groups excluding carboxylic acids is 1. The number of nitrogens with one attached hydrogen (secondary N) is 1. The van der Waals surface area contributed by atoms with Crippen molar-refractivity contribution in [3.63, 3.8) is 0 Å². The first-order valence-electron chi connectivity index (χ1n) is 11.2. The minimum atomic E-state index is -0.00901. The van der Waals surface area contributed by atoms with Crippen LogP contribution in [0.5, 0.6) is 0 Å². The van der Waals surface area contributed by atoms with Gasteiger partial charge in [0.05, 0.1) is 12.5 Å². The molecule has 0 radical (unpaired) electrons. The zero-order chi connectivity index (χ0) is 22.3. The first-order chi connectivity index (χ1) is 15.6. The quantitative estimate of drug-likeness (QED) is 0.586. The van der Waals surface area contributed by atoms with Gasteiger partial charge in [-0.1, -0.05) is 53.2 Å². The largest absolute Gasteiger partial charge is 0.373 e. The maximum absolute atomic E-state index is 12.7. The van der Waals surface area contributed by atoms with Gasteiger partial charge >= 0.3 is 0 Å². The van der Waals surface area contributed by atoms with Crippen LogP contribution < -0.4 is 10.2 Å². The van der Waals surface area contributed by atoms with Crippen molar-refractivity contribution in [1.29, 1.82) is 0 Å². The Balaban J connectivity index is 1.25. The Kier molecular flexibility index (Phi) is 7.17. The molecule has 1 saturated heterocycles. The maximum Gasteiger partial charge on any atom is 0.241 e. The summed E-state index contributed by atoms with van der Waals surface area (Å²) in [7, 11) is 2.04. The Morgan fingerprint density at radius 3 is 2.75 bits per heavy atom. The van der Waals surface area contributed by atoms with Gasteiger partial charge in [0.1, 0.15) is 0 Å². The second kappa shape index (κ2) is 10.4. The lowest BCUT2D eigenvalue weighted by Gasteiger charge is -2.31. The molecule has 1 amide bonds. The number of hydrogen-bond donors (Lipinski definition) is 1. The number of aryl methyl sites for hydroxylation is 1. The number of carbonyl (C=O) groups is 1. The molecule has 1 atom stereocenters. The Hall–Kier alpha value is -3.19. The number of benzene rings is 2. The van der Waals surface area contributed by atoms with Gasteiger partial charge < -0.3 is 14.7 Å². The predicted octanol–water partition coefficient (Wildman–Crippen LogP) is 3.51. The zero-order valence-corrected chi connectivity index (χ0v) is 18.8. The molecule has 32 heavy (non-hydrogen) atoms. The van der Waals surface area contributed by atoms with Crippen LogP contribution >= 0.6 is 0 Å². The van der Waals surface area contributed by atoms with Gasteiger partial charge in [0.25, 0.3) is 0 Å². The Bertz CT molecular complexity index is 1000. The molecule has 0 saturated carbocycles. The van der Waals surface area contributed by atoms with Gasteiger partial charge in [-0.2, -0.15) is 4.98 Å². The molecule has 1 fully saturated rings. The van der Waals surface area contributed by atoms with Gasteiger partial charge in [-0.25, -0.2) is 0 Å². The van der Waals surface area contributed by atoms with E-state index in [1.54, 1.807) is 0 Å². The molecule has 1 aliphatic heterocycles. The average Bonchev–Trinajstić information content (AvgIpc) is 3.28. The fraction of sp³-hybridized carbons (Fsp3) is 0.400. The minimum Gasteiger partial charge on any atom is -0.373 e. The molecule has 1 unspecified atom stereocenters. The van der Waals surface area contributed by atoms with Crippen LogP contribution in [0.3, 0.4) is 0 Å². The highest BCUT2D eigenvalue weighted by molar-refractivity contribution is 5.79. The molecule has 0 aliphatic carbocycles. The van der Waals surface area contributed by atoms with Gasteiger partial charge in [0.15, 0.2) is 0 Å². The zero-order valence-electron chi connectivity index (χ0n) is 18.8. The third-order valence-electron chi connectivity index (χ3n) is 5.96. The second-order valence-corrected chi connectivity index (χ2v) is 8.50. The summed E-state index contributed by atoms with van der Waals surface area (Å²) in [4.78, 5) is 21.6. The lowest BCUT2D eigenvalue weighted by atomic mass is 9.97. The third-order valence-corrected chi connectivity index (χ3v) is 5.96. The van der Waals surface area contributed by atoms with E-state index in [4.69, 9.17) is 4.52 Å². The van der Waals surface area contributed by atoms with Crippen LogP contribution in [-0.2, 0) is 11.3 Å². The summed E-state index contributed by atoms with van der Waals surface area (Å²) in [5, 5.41) is 7.23. The summed E-state index contributed by atoms with van der Waals surface area (Å²) in [5.41, 5.74) is 3.29. The summed E-state index contributed by atoms with van der Waals surface area (Å²) in [6.45, 7) is 5.67. The van der Waals surface area contributed by atoms with E-state index in [1.165, 1.54) is 5.56 Å². The number of hydrogen-bond acceptors (Lipinski definition) is 6. The molecule has 1 aliphatic rings. The Morgan fingerprint density at radius 2 is 1.97 bits per heavy atom. The number of amides is 1. The molecule has 168 valence electrons. The minimum absolute atomic E-state index is 0.00901. The van der Waals surface area contributed by atoms with Gasteiger partial charge in [0.2, 0.25) is 17.6 Å². The summed E-state index contributed by atoms with van der Waals surface area (Å²) in [6, 6.07) is 18.3. The highest BCUT2D eigenvalue weighted by Gasteiger charge is 2.26. The van der Waals surface area contributed by atoms with E-state index in [1.807, 2.05) is 49.5 Å². The highest BCUT2D eigenvalue weighted by atomic mass is 16.5. The van der Waals surface area contributed by atoms with Crippen LogP contribution in [0.15, 0.2) is 59.1 Å². The van der Waals surface area contributed by atoms with Crippen LogP contribution in [0.25, 0.3) is 11.4 Å². The van der Waals surface area contributed by atoms with Crippen molar-refractivity contribution >= 4 is 11.6 Å². The number of likely N-dealkylation sites (N-methyl/N-ethyl adjacent to an activating group) is 1. The Labute approximate surface area is 189 Å². The number of para-hydroxylation sites is 1. The first-order valence-corrected chi connectivity index (χ1v) is 11.2. The molecule has 2 heterocycles. The van der Waals surface area contributed by atoms with E-state index >= 15 is 0 Å². The molecule has 0 bridgehead atoms. The molecule has 7 nitrogen and oxygen atoms in total. The molecular formula is C25H31N5O2. The molecule has 1 N–H and O–H groups in total. The number of piperidine rings is 1. The fourth-order valence-electron chi connectivity index (χ4n) is 4.05. The van der Waals surface area contributed by atoms with E-state index in [0.717, 1.165) is 37.2 Å². The van der Waals surface area contributed by atoms with E-state index in [9.17, 15) is 4.79 Å². The van der Waals surface area contributed by atoms with Gasteiger partial charge in [-0.3, -0.25) is 9.69 Å². The molecule has 7 heteroatoms. The van der Waals surface area contributed by atoms with E-state index < -0.39 is 0 Å². The van der Waals surface area contributed by atoms with E-state index in [-0.39, 0.29) is 11.8 Å². The topological polar surface area (TPSA) is 74.5 Å². The smallest absolute Gasteiger partial charge is 0.241 e. The number of rotatable bonds is 8. The van der Waals surface area contributed by atoms with Gasteiger partial charge in [-0.05, 0) is 38.4 Å². The SMILES string of the molecule is Cc1ccc(-c2noc(CN3CCCC(C(=O)NCCN(C)c4ccccc4)C3)n2)cc1. The van der Waals surface area contributed by atoms with Crippen LogP contribution in [0, 0.1) is 12.8 Å². The van der Waals surface area contributed by atoms with Crippen molar-refractivity contribution in [3.05, 3.63) is 66.1 Å². The Morgan fingerprint density at radius 1 is 1.19 bits per heavy atom. The molecule has 1 aromatic heterocycles. The van der Waals surface area contributed by atoms with Crippen molar-refractivity contribution in [2.45, 2.75) is 26.3 Å². The summed E-state index contributed by atoms with van der Waals surface area (Å²) in [6.07, 6.45) is 1.90. The third kappa shape index (κ3) is 5.73. The number of likely N-dealkylation sites (tertiary alicyclic amines) is 1. The van der Waals surface area contributed by atoms with E-state index in [2.05, 4.69) is 44.3 Å². The first kappa shape index (κ1) is 22.0. The van der Waals surface area contributed by atoms with Crippen LogP contribution in [0.4, 0.5) is 5.69 Å². The maximum atomic E-state index is 12.7. The lowest BCUT2D eigenvalue weighted by Crippen LogP contribution is -2.44. The van der Waals surface area contributed by atoms with Crippen molar-refractivity contribution in [2.75, 3.05) is 38.1 Å². The molecule has 4 rings (SSSR count). The average molecular weight is 434 g/mol. The normalized spacial score (nSPS) is 16.6. The lowest BCUT2D eigenvalue weighted by molar-refractivity contribution is -0.126. The van der Waals surface area contributed by atoms with Crippen LogP contribution in [-0.4, -0.2) is 54.2 Å². The fourth-order valence-corrected chi connectivity index (χ4v) is 4.05. The standard InChI is InChI=1S/C25H31N5O2/c1-19-10-12-20(13-11-19)24-27-23(32-28-24)18-30-15-6-7-21(17-30)25(31)26-14-16-29(2)22-8-4-3-5-9-22/h3-5,8-13,21H,6-7,14-18H2,1-2H3,(H,26,31). The summed E-state index contributed by atoms with van der Waals surface area (Å²) < 4.78 is 5.47. The highest BCUT2D eigenvalue weighted by Crippen LogP contribution is 2.21. The number of nitrogens with zero attached hydrogens (tertiary/aromatic N) is 4. The van der Waals surface area contributed by atoms with Crippen LogP contribution in [0.1, 0.15) is 24.3 Å². The van der Waals surface area contributed by atoms with E-state index in [0.29, 0.717) is 31.3 Å². The van der Waals surface area contributed by atoms with Crippen molar-refractivity contribution in [3.8, 4) is 11.4 Å². The van der Waals surface area contributed by atoms with Crippen molar-refractivity contribution < 1.29 is 9.32 Å². The number of aromatic nitrogens is 2. The molecule has 2 aromatic carbocycles. The summed E-state index contributed by atoms with van der Waals surface area (Å²) in [5.74, 6) is 1.31. The van der Waals surface area contributed by atoms with Crippen molar-refractivity contribution in [1.82, 2.24) is 20.4 Å². The van der Waals surface area contributed by atoms with Crippen LogP contribution in [0.2, 0.25) is 0 Å². The number of anilines is 1. The summed E-state index contributed by atoms with van der Waals surface area (Å²) >= 11 is 0. The monoisotopic (exact) mass is 433 g/mol. The second-order valence-electron chi connectivity index (χ2n) is 8.50. The molecule has 0 spiro atoms. The molecule has 3 aromatic rings. The van der Waals surface area contributed by atoms with Gasteiger partial charge in [0, 0.05) is 37.9 Å².